The highest BCUT2D eigenvalue weighted by Crippen LogP contribution is 2.32. The van der Waals surface area contributed by atoms with Gasteiger partial charge in [0.05, 0.1) is 5.39 Å². The highest BCUT2D eigenvalue weighted by Gasteiger charge is 2.34. The van der Waals surface area contributed by atoms with E-state index in [9.17, 15) is 0 Å². The van der Waals surface area contributed by atoms with Gasteiger partial charge in [0.1, 0.15) is 0 Å². The number of hydrogen-bond acceptors (Lipinski definition) is 4. The van der Waals surface area contributed by atoms with E-state index in [1.54, 1.807) is 0 Å². The molecule has 2 bridgehead atoms. The average molecular weight is 278 g/mol. The van der Waals surface area contributed by atoms with E-state index in [0.717, 1.165) is 29.2 Å². The van der Waals surface area contributed by atoms with E-state index in [1.807, 2.05) is 18.2 Å². The second kappa shape index (κ2) is 4.39. The summed E-state index contributed by atoms with van der Waals surface area (Å²) in [5.41, 5.74) is 0.747. The smallest absolute Gasteiger partial charge is 0.177 e. The van der Waals surface area contributed by atoms with Crippen LogP contribution in [0.15, 0.2) is 22.7 Å². The van der Waals surface area contributed by atoms with Crippen molar-refractivity contribution in [2.75, 3.05) is 25.0 Å². The summed E-state index contributed by atoms with van der Waals surface area (Å²) < 4.78 is 5.34. The number of benzene rings is 1. The third-order valence-corrected chi connectivity index (χ3v) is 4.65. The maximum Gasteiger partial charge on any atom is 0.177 e. The summed E-state index contributed by atoms with van der Waals surface area (Å²) in [5.74, 6) is 1.62. The van der Waals surface area contributed by atoms with Gasteiger partial charge in [0.15, 0.2) is 11.4 Å². The van der Waals surface area contributed by atoms with Gasteiger partial charge in [0.25, 0.3) is 0 Å². The van der Waals surface area contributed by atoms with Gasteiger partial charge in [-0.1, -0.05) is 16.8 Å². The van der Waals surface area contributed by atoms with E-state index < -0.39 is 0 Å². The maximum atomic E-state index is 5.96. The first-order valence-electron chi connectivity index (χ1n) is 6.83. The lowest BCUT2D eigenvalue weighted by molar-refractivity contribution is 0.0973. The predicted molar refractivity (Wildman–Crippen MR) is 75.6 cm³/mol. The van der Waals surface area contributed by atoms with Crippen LogP contribution in [0.5, 0.6) is 0 Å². The molecule has 2 aromatic rings. The predicted octanol–water partition coefficient (Wildman–Crippen LogP) is 2.99. The first-order chi connectivity index (χ1) is 9.29. The van der Waals surface area contributed by atoms with Gasteiger partial charge in [-0.25, -0.2) is 0 Å². The lowest BCUT2D eigenvalue weighted by atomic mass is 9.84. The van der Waals surface area contributed by atoms with E-state index in [1.165, 1.54) is 25.9 Å². The van der Waals surface area contributed by atoms with E-state index in [0.29, 0.717) is 11.1 Å². The molecule has 3 aliphatic rings. The van der Waals surface area contributed by atoms with Gasteiger partial charge in [0.2, 0.25) is 0 Å². The molecule has 4 nitrogen and oxygen atoms in total. The molecule has 0 unspecified atom stereocenters. The zero-order valence-corrected chi connectivity index (χ0v) is 11.4. The summed E-state index contributed by atoms with van der Waals surface area (Å²) in [6, 6.07) is 6.15. The molecule has 0 aliphatic carbocycles. The van der Waals surface area contributed by atoms with Crippen LogP contribution in [0, 0.1) is 5.92 Å². The van der Waals surface area contributed by atoms with E-state index >= 15 is 0 Å². The molecule has 0 spiro atoms. The van der Waals surface area contributed by atoms with E-state index in [4.69, 9.17) is 16.1 Å². The van der Waals surface area contributed by atoms with Crippen molar-refractivity contribution in [3.05, 3.63) is 23.2 Å². The molecule has 19 heavy (non-hydrogen) atoms. The van der Waals surface area contributed by atoms with Crippen LogP contribution >= 0.6 is 11.6 Å². The van der Waals surface area contributed by atoms with Gasteiger partial charge in [0, 0.05) is 23.7 Å². The molecule has 0 amide bonds. The fourth-order valence-electron chi connectivity index (χ4n) is 3.32. The van der Waals surface area contributed by atoms with Crippen LogP contribution in [0.4, 0.5) is 5.82 Å². The van der Waals surface area contributed by atoms with E-state index in [2.05, 4.69) is 15.4 Å². The molecule has 1 aromatic heterocycles. The largest absolute Gasteiger partial charge is 0.362 e. The van der Waals surface area contributed by atoms with Crippen LogP contribution in [-0.2, 0) is 0 Å². The minimum atomic E-state index is 0.492. The Morgan fingerprint density at radius 3 is 2.89 bits per heavy atom. The third-order valence-electron chi connectivity index (χ3n) is 4.41. The number of rotatable bonds is 2. The van der Waals surface area contributed by atoms with Gasteiger partial charge in [-0.15, -0.1) is 0 Å². The second-order valence-corrected chi connectivity index (χ2v) is 6.00. The molecule has 1 N–H and O–H groups in total. The summed E-state index contributed by atoms with van der Waals surface area (Å²) in [7, 11) is 0. The summed E-state index contributed by atoms with van der Waals surface area (Å²) in [6.45, 7) is 3.61. The van der Waals surface area contributed by atoms with Crippen molar-refractivity contribution in [2.24, 2.45) is 5.92 Å². The summed E-state index contributed by atoms with van der Waals surface area (Å²) in [4.78, 5) is 2.52. The minimum absolute atomic E-state index is 0.492. The molecule has 4 heterocycles. The molecule has 0 saturated carbocycles. The van der Waals surface area contributed by atoms with Gasteiger partial charge in [-0.2, -0.15) is 0 Å². The van der Waals surface area contributed by atoms with Gasteiger partial charge in [-0.3, -0.25) is 0 Å². The Labute approximate surface area is 116 Å². The Morgan fingerprint density at radius 1 is 1.32 bits per heavy atom. The summed E-state index contributed by atoms with van der Waals surface area (Å²) >= 11 is 5.96. The highest BCUT2D eigenvalue weighted by molar-refractivity contribution is 6.31. The highest BCUT2D eigenvalue weighted by atomic mass is 35.5. The molecule has 1 atom stereocenters. The van der Waals surface area contributed by atoms with Crippen LogP contribution in [0.1, 0.15) is 12.8 Å². The monoisotopic (exact) mass is 277 g/mol. The number of anilines is 1. The molecule has 0 radical (unpaired) electrons. The zero-order valence-electron chi connectivity index (χ0n) is 10.6. The fourth-order valence-corrected chi connectivity index (χ4v) is 3.48. The number of nitrogens with one attached hydrogen (secondary N) is 1. The molecule has 3 aliphatic heterocycles. The zero-order chi connectivity index (χ0) is 12.8. The minimum Gasteiger partial charge on any atom is -0.362 e. The molecular formula is C14H16ClN3O. The van der Waals surface area contributed by atoms with E-state index in [-0.39, 0.29) is 0 Å². The van der Waals surface area contributed by atoms with Crippen LogP contribution in [0.25, 0.3) is 11.0 Å². The van der Waals surface area contributed by atoms with Crippen molar-refractivity contribution >= 4 is 28.4 Å². The van der Waals surface area contributed by atoms with Crippen LogP contribution < -0.4 is 5.32 Å². The average Bonchev–Trinajstić information content (AvgIpc) is 2.82. The summed E-state index contributed by atoms with van der Waals surface area (Å²) in [5, 5.41) is 9.41. The molecular weight excluding hydrogens is 262 g/mol. The molecule has 100 valence electrons. The lowest BCUT2D eigenvalue weighted by Gasteiger charge is -2.44. The van der Waals surface area contributed by atoms with Crippen molar-refractivity contribution in [1.82, 2.24) is 10.1 Å². The van der Waals surface area contributed by atoms with Crippen LogP contribution in [0.3, 0.4) is 0 Å². The Kier molecular flexibility index (Phi) is 2.67. The fraction of sp³-hybridized carbons (Fsp3) is 0.500. The van der Waals surface area contributed by atoms with Gasteiger partial charge >= 0.3 is 0 Å². The van der Waals surface area contributed by atoms with Crippen LogP contribution in [-0.4, -0.2) is 35.7 Å². The molecule has 5 rings (SSSR count). The Morgan fingerprint density at radius 2 is 2.16 bits per heavy atom. The molecule has 3 saturated heterocycles. The first-order valence-corrected chi connectivity index (χ1v) is 7.21. The maximum absolute atomic E-state index is 5.96. The Bertz CT molecular complexity index is 604. The Hall–Kier alpha value is -1.26. The van der Waals surface area contributed by atoms with Gasteiger partial charge < -0.3 is 14.7 Å². The molecule has 3 fully saturated rings. The van der Waals surface area contributed by atoms with Crippen molar-refractivity contribution < 1.29 is 4.52 Å². The van der Waals surface area contributed by atoms with Crippen molar-refractivity contribution in [2.45, 2.75) is 18.9 Å². The number of halogens is 1. The number of piperidine rings is 3. The molecule has 1 aromatic carbocycles. The number of nitrogens with zero attached hydrogens (tertiary/aromatic N) is 2. The third kappa shape index (κ3) is 1.99. The lowest BCUT2D eigenvalue weighted by Crippen LogP contribution is -2.53. The van der Waals surface area contributed by atoms with Crippen molar-refractivity contribution in [1.29, 1.82) is 0 Å². The van der Waals surface area contributed by atoms with Crippen molar-refractivity contribution in [3.63, 3.8) is 0 Å². The quantitative estimate of drug-likeness (QED) is 0.916. The first kappa shape index (κ1) is 11.6. The topological polar surface area (TPSA) is 41.3 Å². The van der Waals surface area contributed by atoms with Crippen molar-refractivity contribution in [3.8, 4) is 0 Å². The number of hydrogen-bond donors (Lipinski definition) is 1. The summed E-state index contributed by atoms with van der Waals surface area (Å²) in [6.07, 6.45) is 2.58. The van der Waals surface area contributed by atoms with Gasteiger partial charge in [-0.05, 0) is 44.0 Å². The van der Waals surface area contributed by atoms with Crippen LogP contribution in [0.2, 0.25) is 5.02 Å². The second-order valence-electron chi connectivity index (χ2n) is 5.56. The molecule has 5 heteroatoms. The SMILES string of the molecule is Clc1ccc2c(N[C@H]3CN4CCC3CC4)noc2c1. The number of fused-ring (bicyclic) bond motifs is 4. The normalized spacial score (nSPS) is 29.8. The standard InChI is InChI=1S/C14H16ClN3O/c15-10-1-2-11-13(7-10)19-17-14(11)16-12-8-18-5-3-9(12)4-6-18/h1-2,7,9,12H,3-6,8H2,(H,16,17)/t12-/m0/s1. The Balaban J connectivity index is 1.61. The number of aromatic nitrogens is 1.